The van der Waals surface area contributed by atoms with Gasteiger partial charge in [0.1, 0.15) is 0 Å². The number of nitrogens with zero attached hydrogens (tertiary/aromatic N) is 1. The van der Waals surface area contributed by atoms with Crippen molar-refractivity contribution in [2.75, 3.05) is 0 Å². The van der Waals surface area contributed by atoms with E-state index >= 15 is 0 Å². The number of hydrogen-bond acceptors (Lipinski definition) is 4. The highest BCUT2D eigenvalue weighted by Crippen LogP contribution is 2.45. The van der Waals surface area contributed by atoms with Gasteiger partial charge in [0.15, 0.2) is 6.10 Å². The first-order chi connectivity index (χ1) is 14.6. The van der Waals surface area contributed by atoms with E-state index in [2.05, 4.69) is 0 Å². The van der Waals surface area contributed by atoms with Crippen LogP contribution in [0.1, 0.15) is 43.0 Å². The minimum atomic E-state index is -1.17. The summed E-state index contributed by atoms with van der Waals surface area (Å²) in [5.41, 5.74) is 2.93. The molecule has 1 N–H and O–H groups in total. The maximum atomic E-state index is 12.4. The minimum absolute atomic E-state index is 0.550. The van der Waals surface area contributed by atoms with Gasteiger partial charge >= 0.3 is 5.97 Å². The van der Waals surface area contributed by atoms with Crippen molar-refractivity contribution < 1.29 is 14.6 Å². The van der Waals surface area contributed by atoms with Gasteiger partial charge < -0.3 is 9.84 Å². The Morgan fingerprint density at radius 3 is 2.55 bits per heavy atom. The van der Waals surface area contributed by atoms with Gasteiger partial charge in [0.05, 0.1) is 20.8 Å². The number of carboxylic acids is 1. The van der Waals surface area contributed by atoms with Crippen LogP contribution in [0.3, 0.4) is 0 Å². The maximum Gasteiger partial charge on any atom is 0.337 e. The van der Waals surface area contributed by atoms with Crippen molar-refractivity contribution in [1.82, 2.24) is 4.98 Å². The molecular formula is C25H24ClNO3S. The largest absolute Gasteiger partial charge is 0.479 e. The zero-order chi connectivity index (χ0) is 22.5. The molecule has 1 atom stereocenters. The molecule has 0 bridgehead atoms. The van der Waals surface area contributed by atoms with E-state index in [1.54, 1.807) is 11.3 Å². The molecule has 4 aromatic rings. The fourth-order valence-electron chi connectivity index (χ4n) is 3.91. The standard InChI is InChI=1S/C25H24ClNO3S/c1-13-12-18-23(31-13)20(17-11-10-15-8-6-7-9-16(15)21(17)26)19(14(2)27-18)22(24(28)29)30-25(3,4)5/h6-12,22H,1-5H3,(H,28,29)/t22-/m0/s1. The van der Waals surface area contributed by atoms with Gasteiger partial charge in [-0.05, 0) is 46.1 Å². The summed E-state index contributed by atoms with van der Waals surface area (Å²) in [6, 6.07) is 13.9. The van der Waals surface area contributed by atoms with Gasteiger partial charge in [-0.15, -0.1) is 11.3 Å². The minimum Gasteiger partial charge on any atom is -0.479 e. The monoisotopic (exact) mass is 453 g/mol. The molecule has 2 aromatic heterocycles. The number of aryl methyl sites for hydroxylation is 2. The number of rotatable bonds is 4. The third-order valence-corrected chi connectivity index (χ3v) is 6.56. The van der Waals surface area contributed by atoms with Gasteiger partial charge in [-0.1, -0.05) is 48.0 Å². The second kappa shape index (κ2) is 7.90. The Bertz CT molecular complexity index is 1320. The molecule has 0 aliphatic carbocycles. The molecule has 4 rings (SSSR count). The van der Waals surface area contributed by atoms with Gasteiger partial charge in [-0.2, -0.15) is 0 Å². The van der Waals surface area contributed by atoms with Gasteiger partial charge in [-0.25, -0.2) is 4.79 Å². The van der Waals surface area contributed by atoms with E-state index in [0.717, 1.165) is 37.0 Å². The molecule has 0 unspecified atom stereocenters. The van der Waals surface area contributed by atoms with Gasteiger partial charge in [0, 0.05) is 32.6 Å². The van der Waals surface area contributed by atoms with Crippen LogP contribution in [0.2, 0.25) is 5.02 Å². The molecular weight excluding hydrogens is 430 g/mol. The Balaban J connectivity index is 2.12. The number of carboxylic acid groups (broad SMARTS) is 1. The number of hydrogen-bond donors (Lipinski definition) is 1. The number of fused-ring (bicyclic) bond motifs is 2. The normalized spacial score (nSPS) is 13.1. The van der Waals surface area contributed by atoms with Crippen LogP contribution in [0.25, 0.3) is 32.1 Å². The number of carbonyl (C=O) groups is 1. The number of ether oxygens (including phenoxy) is 1. The van der Waals surface area contributed by atoms with E-state index in [0.29, 0.717) is 16.3 Å². The van der Waals surface area contributed by atoms with E-state index in [1.807, 2.05) is 77.1 Å². The Kier molecular flexibility index (Phi) is 5.54. The highest BCUT2D eigenvalue weighted by atomic mass is 35.5. The summed E-state index contributed by atoms with van der Waals surface area (Å²) in [5, 5.41) is 12.7. The molecule has 160 valence electrons. The third kappa shape index (κ3) is 4.05. The summed E-state index contributed by atoms with van der Waals surface area (Å²) in [7, 11) is 0. The SMILES string of the molecule is Cc1cc2nc(C)c([C@H](OC(C)(C)C)C(=O)O)c(-c3ccc4ccccc4c3Cl)c2s1. The lowest BCUT2D eigenvalue weighted by Crippen LogP contribution is -2.28. The molecule has 4 nitrogen and oxygen atoms in total. The van der Waals surface area contributed by atoms with Crippen LogP contribution in [0.5, 0.6) is 0 Å². The molecule has 2 heterocycles. The molecule has 31 heavy (non-hydrogen) atoms. The van der Waals surface area contributed by atoms with E-state index in [9.17, 15) is 9.90 Å². The van der Waals surface area contributed by atoms with E-state index in [1.165, 1.54) is 0 Å². The highest BCUT2D eigenvalue weighted by Gasteiger charge is 2.33. The van der Waals surface area contributed by atoms with Crippen molar-refractivity contribution in [3.63, 3.8) is 0 Å². The molecule has 0 aliphatic rings. The summed E-state index contributed by atoms with van der Waals surface area (Å²) >= 11 is 8.51. The lowest BCUT2D eigenvalue weighted by atomic mass is 9.92. The van der Waals surface area contributed by atoms with E-state index in [4.69, 9.17) is 21.3 Å². The van der Waals surface area contributed by atoms with Crippen molar-refractivity contribution in [2.45, 2.75) is 46.3 Å². The molecule has 6 heteroatoms. The number of pyridine rings is 1. The fraction of sp³-hybridized carbons (Fsp3) is 0.280. The molecule has 0 saturated heterocycles. The van der Waals surface area contributed by atoms with Crippen LogP contribution in [0.4, 0.5) is 0 Å². The molecule has 0 radical (unpaired) electrons. The number of benzene rings is 2. The summed E-state index contributed by atoms with van der Waals surface area (Å²) in [6.45, 7) is 9.41. The van der Waals surface area contributed by atoms with Crippen LogP contribution in [-0.4, -0.2) is 21.7 Å². The summed E-state index contributed by atoms with van der Waals surface area (Å²) in [4.78, 5) is 18.2. The Hall–Kier alpha value is -2.47. The van der Waals surface area contributed by atoms with Crippen LogP contribution in [-0.2, 0) is 9.53 Å². The zero-order valence-electron chi connectivity index (χ0n) is 18.1. The van der Waals surface area contributed by atoms with Crippen LogP contribution in [0.15, 0.2) is 42.5 Å². The Morgan fingerprint density at radius 1 is 1.16 bits per heavy atom. The molecule has 2 aromatic carbocycles. The average Bonchev–Trinajstić information content (AvgIpc) is 3.05. The number of aromatic nitrogens is 1. The predicted molar refractivity (Wildman–Crippen MR) is 128 cm³/mol. The summed E-state index contributed by atoms with van der Waals surface area (Å²) in [6.07, 6.45) is -1.17. The third-order valence-electron chi connectivity index (χ3n) is 5.10. The molecule has 0 amide bonds. The van der Waals surface area contributed by atoms with Crippen molar-refractivity contribution >= 4 is 49.9 Å². The van der Waals surface area contributed by atoms with Crippen molar-refractivity contribution in [1.29, 1.82) is 0 Å². The number of aliphatic carboxylic acids is 1. The van der Waals surface area contributed by atoms with E-state index < -0.39 is 17.7 Å². The van der Waals surface area contributed by atoms with E-state index in [-0.39, 0.29) is 0 Å². The quantitative estimate of drug-likeness (QED) is 0.351. The first-order valence-corrected chi connectivity index (χ1v) is 11.2. The molecule has 0 spiro atoms. The Morgan fingerprint density at radius 2 is 1.87 bits per heavy atom. The average molecular weight is 454 g/mol. The van der Waals surface area contributed by atoms with Crippen molar-refractivity contribution in [2.24, 2.45) is 0 Å². The molecule has 0 saturated carbocycles. The predicted octanol–water partition coefficient (Wildman–Crippen LogP) is 7.33. The Labute approximate surface area is 190 Å². The number of halogens is 1. The second-order valence-corrected chi connectivity index (χ2v) is 10.3. The first kappa shape index (κ1) is 21.8. The van der Waals surface area contributed by atoms with Crippen LogP contribution in [0, 0.1) is 13.8 Å². The number of thiophene rings is 1. The van der Waals surface area contributed by atoms with Crippen LogP contribution < -0.4 is 0 Å². The molecule has 0 aliphatic heterocycles. The topological polar surface area (TPSA) is 59.4 Å². The summed E-state index contributed by atoms with van der Waals surface area (Å²) in [5.74, 6) is -1.05. The zero-order valence-corrected chi connectivity index (χ0v) is 19.7. The first-order valence-electron chi connectivity index (χ1n) is 10.1. The van der Waals surface area contributed by atoms with Crippen molar-refractivity contribution in [3.05, 3.63) is 63.6 Å². The second-order valence-electron chi connectivity index (χ2n) is 8.65. The van der Waals surface area contributed by atoms with Gasteiger partial charge in [-0.3, -0.25) is 4.98 Å². The maximum absolute atomic E-state index is 12.4. The van der Waals surface area contributed by atoms with Crippen molar-refractivity contribution in [3.8, 4) is 11.1 Å². The smallest absolute Gasteiger partial charge is 0.337 e. The summed E-state index contributed by atoms with van der Waals surface area (Å²) < 4.78 is 6.95. The lowest BCUT2D eigenvalue weighted by Gasteiger charge is -2.28. The molecule has 0 fully saturated rings. The highest BCUT2D eigenvalue weighted by molar-refractivity contribution is 7.19. The van der Waals surface area contributed by atoms with Crippen LogP contribution >= 0.6 is 22.9 Å². The lowest BCUT2D eigenvalue weighted by molar-refractivity contribution is -0.160. The fourth-order valence-corrected chi connectivity index (χ4v) is 5.26. The van der Waals surface area contributed by atoms with Gasteiger partial charge in [0.25, 0.3) is 0 Å². The van der Waals surface area contributed by atoms with Gasteiger partial charge in [0.2, 0.25) is 0 Å².